The van der Waals surface area contributed by atoms with Gasteiger partial charge in [-0.3, -0.25) is 4.79 Å². The maximum absolute atomic E-state index is 11.8. The molecule has 1 fully saturated rings. The molecule has 0 unspecified atom stereocenters. The minimum Gasteiger partial charge on any atom is -0.480 e. The number of ether oxygens (including phenoxy) is 2. The lowest BCUT2D eigenvalue weighted by atomic mass is 10.3. The Hall–Kier alpha value is -2.38. The smallest absolute Gasteiger partial charge is 0.397 e. The van der Waals surface area contributed by atoms with Gasteiger partial charge in [-0.2, -0.15) is 0 Å². The summed E-state index contributed by atoms with van der Waals surface area (Å²) in [5, 5.41) is 7.97. The number of amides is 1. The molecule has 0 radical (unpaired) electrons. The van der Waals surface area contributed by atoms with E-state index in [0.717, 1.165) is 5.82 Å². The SMILES string of the molecule is CCOC(=O)C(=O)N1CCN(c2ccc(OC)nn2)CC1. The summed E-state index contributed by atoms with van der Waals surface area (Å²) >= 11 is 0. The molecule has 2 rings (SSSR count). The van der Waals surface area contributed by atoms with Crippen LogP contribution < -0.4 is 9.64 Å². The van der Waals surface area contributed by atoms with Crippen molar-refractivity contribution in [2.45, 2.75) is 6.92 Å². The zero-order valence-corrected chi connectivity index (χ0v) is 12.1. The van der Waals surface area contributed by atoms with Crippen molar-refractivity contribution in [3.63, 3.8) is 0 Å². The molecule has 1 aromatic rings. The molecule has 0 aromatic carbocycles. The van der Waals surface area contributed by atoms with Crippen LogP contribution in [0.25, 0.3) is 0 Å². The van der Waals surface area contributed by atoms with Gasteiger partial charge in [0.1, 0.15) is 0 Å². The molecule has 1 saturated heterocycles. The topological polar surface area (TPSA) is 84.9 Å². The molecule has 0 spiro atoms. The Morgan fingerprint density at radius 2 is 1.90 bits per heavy atom. The lowest BCUT2D eigenvalue weighted by Crippen LogP contribution is -2.51. The average Bonchev–Trinajstić information content (AvgIpc) is 2.54. The van der Waals surface area contributed by atoms with Gasteiger partial charge < -0.3 is 19.3 Å². The van der Waals surface area contributed by atoms with E-state index in [4.69, 9.17) is 9.47 Å². The number of nitrogens with zero attached hydrogens (tertiary/aromatic N) is 4. The Morgan fingerprint density at radius 3 is 2.43 bits per heavy atom. The first-order valence-corrected chi connectivity index (χ1v) is 6.74. The van der Waals surface area contributed by atoms with Gasteiger partial charge >= 0.3 is 11.9 Å². The van der Waals surface area contributed by atoms with Crippen LogP contribution in [-0.2, 0) is 14.3 Å². The molecule has 1 aromatic heterocycles. The van der Waals surface area contributed by atoms with E-state index in [2.05, 4.69) is 10.2 Å². The minimum absolute atomic E-state index is 0.200. The average molecular weight is 294 g/mol. The molecule has 0 bridgehead atoms. The molecule has 21 heavy (non-hydrogen) atoms. The Kier molecular flexibility index (Phi) is 4.91. The minimum atomic E-state index is -0.796. The summed E-state index contributed by atoms with van der Waals surface area (Å²) in [6.45, 7) is 3.95. The van der Waals surface area contributed by atoms with Gasteiger partial charge in [0.2, 0.25) is 5.88 Å². The van der Waals surface area contributed by atoms with Gasteiger partial charge in [0.05, 0.1) is 13.7 Å². The standard InChI is InChI=1S/C13H18N4O4/c1-3-21-13(19)12(18)17-8-6-16(7-9-17)10-4-5-11(20-2)15-14-10/h4-5H,3,6-9H2,1-2H3. The molecule has 1 aliphatic heterocycles. The third-order valence-corrected chi connectivity index (χ3v) is 3.18. The second kappa shape index (κ2) is 6.87. The molecule has 1 amide bonds. The van der Waals surface area contributed by atoms with Gasteiger partial charge in [0.25, 0.3) is 0 Å². The van der Waals surface area contributed by atoms with Crippen molar-refractivity contribution in [2.24, 2.45) is 0 Å². The van der Waals surface area contributed by atoms with Crippen molar-refractivity contribution in [1.29, 1.82) is 0 Å². The summed E-state index contributed by atoms with van der Waals surface area (Å²) in [5.41, 5.74) is 0. The molecule has 0 N–H and O–H groups in total. The molecule has 0 atom stereocenters. The second-order valence-electron chi connectivity index (χ2n) is 4.43. The van der Waals surface area contributed by atoms with Gasteiger partial charge in [0, 0.05) is 32.2 Å². The van der Waals surface area contributed by atoms with Crippen molar-refractivity contribution in [3.05, 3.63) is 12.1 Å². The number of carbonyl (C=O) groups is 2. The lowest BCUT2D eigenvalue weighted by molar-refractivity contribution is -0.160. The quantitative estimate of drug-likeness (QED) is 0.558. The van der Waals surface area contributed by atoms with E-state index in [9.17, 15) is 9.59 Å². The Bertz CT molecular complexity index is 497. The lowest BCUT2D eigenvalue weighted by Gasteiger charge is -2.34. The summed E-state index contributed by atoms with van der Waals surface area (Å²) in [7, 11) is 1.53. The highest BCUT2D eigenvalue weighted by molar-refractivity contribution is 6.32. The summed E-state index contributed by atoms with van der Waals surface area (Å²) in [5.74, 6) is -0.207. The monoisotopic (exact) mass is 294 g/mol. The summed E-state index contributed by atoms with van der Waals surface area (Å²) < 4.78 is 9.67. The van der Waals surface area contributed by atoms with Crippen LogP contribution in [0.5, 0.6) is 5.88 Å². The number of esters is 1. The molecule has 2 heterocycles. The molecule has 0 aliphatic carbocycles. The van der Waals surface area contributed by atoms with Crippen LogP contribution in [0.4, 0.5) is 5.82 Å². The Morgan fingerprint density at radius 1 is 1.19 bits per heavy atom. The van der Waals surface area contributed by atoms with Crippen LogP contribution in [-0.4, -0.2) is 66.9 Å². The van der Waals surface area contributed by atoms with E-state index in [1.807, 2.05) is 11.0 Å². The zero-order chi connectivity index (χ0) is 15.2. The van der Waals surface area contributed by atoms with Gasteiger partial charge in [-0.15, -0.1) is 10.2 Å². The van der Waals surface area contributed by atoms with Crippen LogP contribution in [0.15, 0.2) is 12.1 Å². The van der Waals surface area contributed by atoms with Crippen molar-refractivity contribution >= 4 is 17.7 Å². The van der Waals surface area contributed by atoms with Crippen LogP contribution in [0.2, 0.25) is 0 Å². The highest BCUT2D eigenvalue weighted by atomic mass is 16.5. The highest BCUT2D eigenvalue weighted by Crippen LogP contribution is 2.15. The number of hydrogen-bond donors (Lipinski definition) is 0. The predicted molar refractivity (Wildman–Crippen MR) is 74.0 cm³/mol. The second-order valence-corrected chi connectivity index (χ2v) is 4.43. The molecule has 1 aliphatic rings. The first-order valence-electron chi connectivity index (χ1n) is 6.74. The number of rotatable bonds is 3. The largest absolute Gasteiger partial charge is 0.480 e. The van der Waals surface area contributed by atoms with Gasteiger partial charge in [-0.1, -0.05) is 0 Å². The van der Waals surface area contributed by atoms with E-state index in [-0.39, 0.29) is 6.61 Å². The van der Waals surface area contributed by atoms with Crippen LogP contribution in [0.3, 0.4) is 0 Å². The fourth-order valence-electron chi connectivity index (χ4n) is 2.05. The number of anilines is 1. The summed E-state index contributed by atoms with van der Waals surface area (Å²) in [4.78, 5) is 26.7. The fourth-order valence-corrected chi connectivity index (χ4v) is 2.05. The van der Waals surface area contributed by atoms with Gasteiger partial charge in [-0.05, 0) is 13.0 Å². The van der Waals surface area contributed by atoms with Gasteiger partial charge in [-0.25, -0.2) is 4.79 Å². The normalized spacial score (nSPS) is 14.8. The predicted octanol–water partition coefficient (Wildman–Crippen LogP) is -0.303. The number of methoxy groups -OCH3 is 1. The van der Waals surface area contributed by atoms with E-state index in [0.29, 0.717) is 32.1 Å². The third-order valence-electron chi connectivity index (χ3n) is 3.18. The van der Waals surface area contributed by atoms with Crippen molar-refractivity contribution < 1.29 is 19.1 Å². The zero-order valence-electron chi connectivity index (χ0n) is 12.1. The molecular weight excluding hydrogens is 276 g/mol. The van der Waals surface area contributed by atoms with Crippen molar-refractivity contribution in [1.82, 2.24) is 15.1 Å². The van der Waals surface area contributed by atoms with Gasteiger partial charge in [0.15, 0.2) is 5.82 Å². The summed E-state index contributed by atoms with van der Waals surface area (Å²) in [6.07, 6.45) is 0. The Balaban J connectivity index is 1.90. The molecule has 8 heteroatoms. The van der Waals surface area contributed by atoms with Crippen LogP contribution >= 0.6 is 0 Å². The van der Waals surface area contributed by atoms with E-state index in [1.54, 1.807) is 13.0 Å². The number of piperazine rings is 1. The number of aromatic nitrogens is 2. The van der Waals surface area contributed by atoms with Crippen LogP contribution in [0.1, 0.15) is 6.92 Å². The molecule has 8 nitrogen and oxygen atoms in total. The maximum atomic E-state index is 11.8. The Labute approximate surface area is 122 Å². The van der Waals surface area contributed by atoms with Crippen molar-refractivity contribution in [3.8, 4) is 5.88 Å². The molecular formula is C13H18N4O4. The van der Waals surface area contributed by atoms with E-state index in [1.165, 1.54) is 12.0 Å². The van der Waals surface area contributed by atoms with E-state index >= 15 is 0 Å². The van der Waals surface area contributed by atoms with Crippen molar-refractivity contribution in [2.75, 3.05) is 44.8 Å². The van der Waals surface area contributed by atoms with E-state index < -0.39 is 11.9 Å². The first kappa shape index (κ1) is 15.0. The number of hydrogen-bond acceptors (Lipinski definition) is 7. The fraction of sp³-hybridized carbons (Fsp3) is 0.538. The molecule has 0 saturated carbocycles. The maximum Gasteiger partial charge on any atom is 0.397 e. The van der Waals surface area contributed by atoms with Crippen LogP contribution in [0, 0.1) is 0 Å². The first-order chi connectivity index (χ1) is 10.2. The highest BCUT2D eigenvalue weighted by Gasteiger charge is 2.27. The summed E-state index contributed by atoms with van der Waals surface area (Å²) in [6, 6.07) is 3.55. The molecule has 114 valence electrons. The number of carbonyl (C=O) groups excluding carboxylic acids is 2. The third kappa shape index (κ3) is 3.59.